The van der Waals surface area contributed by atoms with E-state index in [2.05, 4.69) is 15.5 Å². The summed E-state index contributed by atoms with van der Waals surface area (Å²) < 4.78 is 14.6. The fourth-order valence-electron chi connectivity index (χ4n) is 2.87. The Morgan fingerprint density at radius 3 is 2.75 bits per heavy atom. The highest BCUT2D eigenvalue weighted by atomic mass is 19.1. The maximum atomic E-state index is 13.0. The maximum Gasteiger partial charge on any atom is 0.261 e. The van der Waals surface area contributed by atoms with Gasteiger partial charge in [0.2, 0.25) is 0 Å². The first kappa shape index (κ1) is 14.6. The molecule has 2 heterocycles. The predicted molar refractivity (Wildman–Crippen MR) is 91.8 cm³/mol. The van der Waals surface area contributed by atoms with Crippen molar-refractivity contribution >= 4 is 22.3 Å². The van der Waals surface area contributed by atoms with Gasteiger partial charge in [-0.2, -0.15) is 5.10 Å². The first-order chi connectivity index (χ1) is 11.7. The van der Waals surface area contributed by atoms with E-state index in [4.69, 9.17) is 0 Å². The molecule has 0 bridgehead atoms. The van der Waals surface area contributed by atoms with Crippen molar-refractivity contribution in [2.45, 2.75) is 19.4 Å². The smallest absolute Gasteiger partial charge is 0.261 e. The van der Waals surface area contributed by atoms with E-state index < -0.39 is 0 Å². The Kier molecular flexibility index (Phi) is 3.57. The first-order valence-electron chi connectivity index (χ1n) is 7.80. The number of hydrogen-bond donors (Lipinski definition) is 1. The van der Waals surface area contributed by atoms with Gasteiger partial charge in [0.15, 0.2) is 5.82 Å². The second kappa shape index (κ2) is 5.88. The average Bonchev–Trinajstić information content (AvgIpc) is 2.62. The Balaban J connectivity index is 1.76. The molecule has 2 aromatic carbocycles. The molecule has 0 saturated heterocycles. The summed E-state index contributed by atoms with van der Waals surface area (Å²) in [5.74, 6) is 0.301. The van der Waals surface area contributed by atoms with Crippen LogP contribution in [-0.4, -0.2) is 15.3 Å². The zero-order valence-corrected chi connectivity index (χ0v) is 12.9. The summed E-state index contributed by atoms with van der Waals surface area (Å²) in [4.78, 5) is 17.3. The Morgan fingerprint density at radius 2 is 1.92 bits per heavy atom. The molecule has 0 atom stereocenters. The number of hydrazone groups is 1. The third-order valence-electron chi connectivity index (χ3n) is 4.08. The van der Waals surface area contributed by atoms with Gasteiger partial charge in [-0.25, -0.2) is 9.37 Å². The lowest BCUT2D eigenvalue weighted by Crippen LogP contribution is -2.32. The van der Waals surface area contributed by atoms with Crippen LogP contribution in [0.5, 0.6) is 0 Å². The predicted octanol–water partition coefficient (Wildman–Crippen LogP) is 3.15. The topological polar surface area (TPSA) is 59.3 Å². The summed E-state index contributed by atoms with van der Waals surface area (Å²) in [5.41, 5.74) is 4.96. The van der Waals surface area contributed by atoms with E-state index >= 15 is 0 Å². The minimum Gasteiger partial charge on any atom is -0.291 e. The Hall–Kier alpha value is -3.02. The molecule has 5 nitrogen and oxygen atoms in total. The van der Waals surface area contributed by atoms with Gasteiger partial charge >= 0.3 is 0 Å². The van der Waals surface area contributed by atoms with Gasteiger partial charge in [-0.3, -0.25) is 14.8 Å². The Labute approximate surface area is 137 Å². The molecule has 0 spiro atoms. The van der Waals surface area contributed by atoms with Crippen molar-refractivity contribution in [2.24, 2.45) is 5.10 Å². The number of rotatable bonds is 2. The van der Waals surface area contributed by atoms with Crippen LogP contribution in [-0.2, 0) is 6.54 Å². The second-order valence-corrected chi connectivity index (χ2v) is 5.69. The van der Waals surface area contributed by atoms with Crippen LogP contribution >= 0.6 is 0 Å². The molecule has 6 heteroatoms. The number of aromatic nitrogens is 2. The number of para-hydroxylation sites is 1. The minimum atomic E-state index is -0.295. The normalized spacial score (nSPS) is 15.5. The van der Waals surface area contributed by atoms with Crippen LogP contribution in [0, 0.1) is 5.82 Å². The van der Waals surface area contributed by atoms with E-state index in [0.29, 0.717) is 29.0 Å². The molecule has 0 aliphatic carbocycles. The molecule has 1 aliphatic rings. The van der Waals surface area contributed by atoms with Crippen LogP contribution in [0.25, 0.3) is 10.9 Å². The van der Waals surface area contributed by atoms with E-state index in [0.717, 1.165) is 18.6 Å². The van der Waals surface area contributed by atoms with Crippen molar-refractivity contribution in [1.29, 1.82) is 0 Å². The maximum absolute atomic E-state index is 13.0. The Morgan fingerprint density at radius 1 is 1.12 bits per heavy atom. The van der Waals surface area contributed by atoms with E-state index in [-0.39, 0.29) is 11.4 Å². The molecule has 0 amide bonds. The van der Waals surface area contributed by atoms with E-state index in [1.54, 1.807) is 22.8 Å². The third-order valence-corrected chi connectivity index (χ3v) is 4.08. The zero-order chi connectivity index (χ0) is 16.5. The van der Waals surface area contributed by atoms with Gasteiger partial charge in [-0.1, -0.05) is 12.1 Å². The van der Waals surface area contributed by atoms with Gasteiger partial charge in [0.25, 0.3) is 5.56 Å². The SMILES string of the molecule is O=c1c2ccccc2nc2n1CCCC2=NNc1ccc(F)cc1. The summed E-state index contributed by atoms with van der Waals surface area (Å²) in [6.07, 6.45) is 1.57. The molecule has 0 unspecified atom stereocenters. The number of hydrogen-bond acceptors (Lipinski definition) is 4. The van der Waals surface area contributed by atoms with Crippen molar-refractivity contribution in [3.05, 3.63) is 70.5 Å². The molecule has 0 radical (unpaired) electrons. The molecular formula is C18H15FN4O. The number of nitrogens with zero attached hydrogens (tertiary/aromatic N) is 3. The number of fused-ring (bicyclic) bond motifs is 2. The molecular weight excluding hydrogens is 307 g/mol. The molecule has 1 aliphatic heterocycles. The first-order valence-corrected chi connectivity index (χ1v) is 7.80. The van der Waals surface area contributed by atoms with Gasteiger partial charge < -0.3 is 0 Å². The number of benzene rings is 2. The van der Waals surface area contributed by atoms with Crippen molar-refractivity contribution in [3.63, 3.8) is 0 Å². The van der Waals surface area contributed by atoms with Gasteiger partial charge in [0, 0.05) is 6.54 Å². The molecule has 1 N–H and O–H groups in total. The summed E-state index contributed by atoms with van der Waals surface area (Å²) >= 11 is 0. The quantitative estimate of drug-likeness (QED) is 0.737. The lowest BCUT2D eigenvalue weighted by Gasteiger charge is -2.19. The number of nitrogens with one attached hydrogen (secondary N) is 1. The molecule has 120 valence electrons. The van der Waals surface area contributed by atoms with Crippen molar-refractivity contribution in [1.82, 2.24) is 9.55 Å². The van der Waals surface area contributed by atoms with E-state index in [9.17, 15) is 9.18 Å². The van der Waals surface area contributed by atoms with Crippen LogP contribution in [0.15, 0.2) is 58.4 Å². The average molecular weight is 322 g/mol. The van der Waals surface area contributed by atoms with Crippen LogP contribution in [0.1, 0.15) is 18.7 Å². The Bertz CT molecular complexity index is 992. The molecule has 3 aromatic rings. The molecule has 0 saturated carbocycles. The molecule has 24 heavy (non-hydrogen) atoms. The fourth-order valence-corrected chi connectivity index (χ4v) is 2.87. The molecule has 0 fully saturated rings. The number of anilines is 1. The minimum absolute atomic E-state index is 0.0372. The van der Waals surface area contributed by atoms with Crippen LogP contribution in [0.2, 0.25) is 0 Å². The lowest BCUT2D eigenvalue weighted by molar-refractivity contribution is 0.597. The summed E-state index contributed by atoms with van der Waals surface area (Å²) in [7, 11) is 0. The second-order valence-electron chi connectivity index (χ2n) is 5.69. The highest BCUT2D eigenvalue weighted by Gasteiger charge is 2.20. The van der Waals surface area contributed by atoms with E-state index in [1.165, 1.54) is 12.1 Å². The highest BCUT2D eigenvalue weighted by Crippen LogP contribution is 2.16. The van der Waals surface area contributed by atoms with Crippen molar-refractivity contribution in [2.75, 3.05) is 5.43 Å². The van der Waals surface area contributed by atoms with Crippen LogP contribution in [0.4, 0.5) is 10.1 Å². The van der Waals surface area contributed by atoms with Crippen molar-refractivity contribution < 1.29 is 4.39 Å². The van der Waals surface area contributed by atoms with Crippen LogP contribution < -0.4 is 11.0 Å². The molecule has 4 rings (SSSR count). The van der Waals surface area contributed by atoms with Crippen LogP contribution in [0.3, 0.4) is 0 Å². The van der Waals surface area contributed by atoms with Gasteiger partial charge in [-0.05, 0) is 49.2 Å². The van der Waals surface area contributed by atoms with E-state index in [1.807, 2.05) is 18.2 Å². The summed E-state index contributed by atoms with van der Waals surface area (Å²) in [6, 6.07) is 13.3. The fraction of sp³-hybridized carbons (Fsp3) is 0.167. The lowest BCUT2D eigenvalue weighted by atomic mass is 10.1. The third kappa shape index (κ3) is 2.56. The number of halogens is 1. The zero-order valence-electron chi connectivity index (χ0n) is 12.9. The highest BCUT2D eigenvalue weighted by molar-refractivity contribution is 5.99. The van der Waals surface area contributed by atoms with Crippen molar-refractivity contribution in [3.8, 4) is 0 Å². The summed E-state index contributed by atoms with van der Waals surface area (Å²) in [6.45, 7) is 0.640. The molecule has 1 aromatic heterocycles. The van der Waals surface area contributed by atoms with Gasteiger partial charge in [0.05, 0.1) is 16.6 Å². The monoisotopic (exact) mass is 322 g/mol. The van der Waals surface area contributed by atoms with Gasteiger partial charge in [0.1, 0.15) is 11.5 Å². The largest absolute Gasteiger partial charge is 0.291 e. The standard InChI is InChI=1S/C18H15FN4O/c19-12-7-9-13(10-8-12)21-22-16-6-3-11-23-17(16)20-15-5-2-1-4-14(15)18(23)24/h1-2,4-5,7-10,21H,3,6,11H2. The van der Waals surface area contributed by atoms with Gasteiger partial charge in [-0.15, -0.1) is 0 Å². The summed E-state index contributed by atoms with van der Waals surface area (Å²) in [5, 5.41) is 5.01.